The lowest BCUT2D eigenvalue weighted by Crippen LogP contribution is -2.34. The molecule has 0 unspecified atom stereocenters. The number of rotatable bonds is 7. The Bertz CT molecular complexity index is 476. The molecular formula is C12H19NO5S. The number of amides is 1. The lowest BCUT2D eigenvalue weighted by molar-refractivity contribution is -0.141. The second-order valence-electron chi connectivity index (χ2n) is 5.63. The summed E-state index contributed by atoms with van der Waals surface area (Å²) in [6.45, 7) is 0. The minimum absolute atomic E-state index is 0.104. The Labute approximate surface area is 112 Å². The molecule has 2 rings (SSSR count). The predicted octanol–water partition coefficient (Wildman–Crippen LogP) is 0.0231. The fourth-order valence-corrected chi connectivity index (χ4v) is 4.05. The molecule has 19 heavy (non-hydrogen) atoms. The molecule has 0 radical (unpaired) electrons. The van der Waals surface area contributed by atoms with Crippen LogP contribution in [0.1, 0.15) is 32.1 Å². The molecular weight excluding hydrogens is 270 g/mol. The van der Waals surface area contributed by atoms with Crippen LogP contribution in [0.25, 0.3) is 0 Å². The van der Waals surface area contributed by atoms with Gasteiger partial charge in [0.25, 0.3) is 0 Å². The number of nitrogens with one attached hydrogen (secondary N) is 1. The van der Waals surface area contributed by atoms with Crippen molar-refractivity contribution in [2.45, 2.75) is 38.1 Å². The van der Waals surface area contributed by atoms with Gasteiger partial charge in [0.15, 0.2) is 9.84 Å². The molecule has 2 aliphatic rings. The van der Waals surface area contributed by atoms with Gasteiger partial charge in [0.05, 0.1) is 19.3 Å². The van der Waals surface area contributed by atoms with Crippen molar-refractivity contribution in [3.63, 3.8) is 0 Å². The summed E-state index contributed by atoms with van der Waals surface area (Å²) in [6, 6.07) is 0.160. The van der Waals surface area contributed by atoms with E-state index >= 15 is 0 Å². The summed E-state index contributed by atoms with van der Waals surface area (Å²) < 4.78 is 28.5. The van der Waals surface area contributed by atoms with Gasteiger partial charge in [-0.05, 0) is 31.1 Å². The zero-order valence-corrected chi connectivity index (χ0v) is 11.8. The molecule has 0 aromatic carbocycles. The predicted molar refractivity (Wildman–Crippen MR) is 68.1 cm³/mol. The lowest BCUT2D eigenvalue weighted by atomic mass is 10.1. The summed E-state index contributed by atoms with van der Waals surface area (Å²) in [5.41, 5.74) is -0.494. The van der Waals surface area contributed by atoms with Crippen LogP contribution in [0.4, 0.5) is 0 Å². The van der Waals surface area contributed by atoms with Crippen LogP contribution in [0.3, 0.4) is 0 Å². The fourth-order valence-electron chi connectivity index (χ4n) is 2.14. The van der Waals surface area contributed by atoms with Crippen LogP contribution in [0.15, 0.2) is 0 Å². The maximum Gasteiger partial charge on any atom is 0.306 e. The number of hydrogen-bond acceptors (Lipinski definition) is 5. The summed E-state index contributed by atoms with van der Waals surface area (Å²) >= 11 is 0. The molecule has 6 nitrogen and oxygen atoms in total. The Morgan fingerprint density at radius 3 is 2.42 bits per heavy atom. The molecule has 108 valence electrons. The minimum atomic E-state index is -3.47. The Morgan fingerprint density at radius 2 is 1.95 bits per heavy atom. The van der Waals surface area contributed by atoms with Crippen LogP contribution in [0.5, 0.6) is 0 Å². The zero-order valence-electron chi connectivity index (χ0n) is 11.0. The molecule has 1 amide bonds. The van der Waals surface area contributed by atoms with Gasteiger partial charge in [-0.2, -0.15) is 0 Å². The molecule has 7 heteroatoms. The average molecular weight is 289 g/mol. The summed E-state index contributed by atoms with van der Waals surface area (Å²) in [4.78, 5) is 22.7. The van der Waals surface area contributed by atoms with Gasteiger partial charge in [-0.25, -0.2) is 8.42 Å². The van der Waals surface area contributed by atoms with Gasteiger partial charge >= 0.3 is 5.97 Å². The smallest absolute Gasteiger partial charge is 0.306 e. The summed E-state index contributed by atoms with van der Waals surface area (Å²) in [5, 5.41) is 2.66. The SMILES string of the molecule is COC(=O)CC1(CS(=O)(=O)CC(=O)NC2CC2)CC1. The number of ether oxygens (including phenoxy) is 1. The second-order valence-corrected chi connectivity index (χ2v) is 7.69. The van der Waals surface area contributed by atoms with Crippen molar-refractivity contribution in [2.75, 3.05) is 18.6 Å². The zero-order chi connectivity index (χ0) is 14.1. The third-order valence-electron chi connectivity index (χ3n) is 3.52. The molecule has 0 spiro atoms. The highest BCUT2D eigenvalue weighted by atomic mass is 32.2. The maximum absolute atomic E-state index is 12.0. The first-order chi connectivity index (χ1) is 8.84. The van der Waals surface area contributed by atoms with Gasteiger partial charge < -0.3 is 10.1 Å². The van der Waals surface area contributed by atoms with Crippen molar-refractivity contribution in [1.82, 2.24) is 5.32 Å². The van der Waals surface area contributed by atoms with Gasteiger partial charge in [0.2, 0.25) is 5.91 Å². The number of carbonyl (C=O) groups excluding carboxylic acids is 2. The standard InChI is InChI=1S/C12H19NO5S/c1-18-11(15)6-12(4-5-12)8-19(16,17)7-10(14)13-9-2-3-9/h9H,2-8H2,1H3,(H,13,14). The molecule has 1 N–H and O–H groups in total. The first-order valence-corrected chi connectivity index (χ1v) is 8.23. The fraction of sp³-hybridized carbons (Fsp3) is 0.833. The van der Waals surface area contributed by atoms with Gasteiger partial charge in [-0.1, -0.05) is 0 Å². The largest absolute Gasteiger partial charge is 0.469 e. The number of sulfone groups is 1. The van der Waals surface area contributed by atoms with Crippen LogP contribution < -0.4 is 5.32 Å². The van der Waals surface area contributed by atoms with E-state index in [9.17, 15) is 18.0 Å². The highest BCUT2D eigenvalue weighted by Crippen LogP contribution is 2.50. The first-order valence-electron chi connectivity index (χ1n) is 6.41. The topological polar surface area (TPSA) is 89.5 Å². The van der Waals surface area contributed by atoms with Gasteiger partial charge in [-0.15, -0.1) is 0 Å². The molecule has 0 atom stereocenters. The van der Waals surface area contributed by atoms with Crippen LogP contribution in [0, 0.1) is 5.41 Å². The van der Waals surface area contributed by atoms with Crippen molar-refractivity contribution < 1.29 is 22.7 Å². The van der Waals surface area contributed by atoms with Crippen molar-refractivity contribution in [3.8, 4) is 0 Å². The Morgan fingerprint density at radius 1 is 1.32 bits per heavy atom. The lowest BCUT2D eigenvalue weighted by Gasteiger charge is -2.13. The average Bonchev–Trinajstić information content (AvgIpc) is 3.16. The normalized spacial score (nSPS) is 20.7. The number of esters is 1. The molecule has 0 aromatic heterocycles. The van der Waals surface area contributed by atoms with Crippen LogP contribution in [-0.2, 0) is 24.2 Å². The highest BCUT2D eigenvalue weighted by Gasteiger charge is 2.48. The summed E-state index contributed by atoms with van der Waals surface area (Å²) in [7, 11) is -2.18. The van der Waals surface area contributed by atoms with E-state index in [0.29, 0.717) is 12.8 Å². The Balaban J connectivity index is 1.85. The third-order valence-corrected chi connectivity index (χ3v) is 5.28. The number of carbonyl (C=O) groups is 2. The van der Waals surface area contributed by atoms with Crippen LogP contribution >= 0.6 is 0 Å². The van der Waals surface area contributed by atoms with E-state index in [1.54, 1.807) is 0 Å². The molecule has 0 aromatic rings. The molecule has 0 aliphatic heterocycles. The molecule has 0 bridgehead atoms. The van der Waals surface area contributed by atoms with E-state index in [-0.39, 0.29) is 18.2 Å². The number of hydrogen-bond donors (Lipinski definition) is 1. The van der Waals surface area contributed by atoms with Crippen LogP contribution in [-0.4, -0.2) is 45.0 Å². The van der Waals surface area contributed by atoms with E-state index in [1.807, 2.05) is 0 Å². The number of methoxy groups -OCH3 is 1. The highest BCUT2D eigenvalue weighted by molar-refractivity contribution is 7.92. The van der Waals surface area contributed by atoms with E-state index < -0.39 is 32.9 Å². The van der Waals surface area contributed by atoms with E-state index in [2.05, 4.69) is 10.1 Å². The Kier molecular flexibility index (Phi) is 3.85. The summed E-state index contributed by atoms with van der Waals surface area (Å²) in [6.07, 6.45) is 3.38. The monoisotopic (exact) mass is 289 g/mol. The molecule has 0 heterocycles. The van der Waals surface area contributed by atoms with E-state index in [1.165, 1.54) is 7.11 Å². The van der Waals surface area contributed by atoms with Crippen LogP contribution in [0.2, 0.25) is 0 Å². The van der Waals surface area contributed by atoms with E-state index in [0.717, 1.165) is 12.8 Å². The molecule has 2 fully saturated rings. The molecule has 2 aliphatic carbocycles. The van der Waals surface area contributed by atoms with Gasteiger partial charge in [-0.3, -0.25) is 9.59 Å². The maximum atomic E-state index is 12.0. The van der Waals surface area contributed by atoms with E-state index in [4.69, 9.17) is 0 Å². The summed E-state index contributed by atoms with van der Waals surface area (Å²) in [5.74, 6) is -1.41. The molecule has 2 saturated carbocycles. The first kappa shape index (κ1) is 14.3. The van der Waals surface area contributed by atoms with Crippen molar-refractivity contribution in [1.29, 1.82) is 0 Å². The third kappa shape index (κ3) is 4.49. The minimum Gasteiger partial charge on any atom is -0.469 e. The molecule has 0 saturated heterocycles. The van der Waals surface area contributed by atoms with Gasteiger partial charge in [0, 0.05) is 6.04 Å². The van der Waals surface area contributed by atoms with Crippen molar-refractivity contribution in [3.05, 3.63) is 0 Å². The van der Waals surface area contributed by atoms with Gasteiger partial charge in [0.1, 0.15) is 5.75 Å². The quantitative estimate of drug-likeness (QED) is 0.668. The second kappa shape index (κ2) is 5.11. The Hall–Kier alpha value is -1.11. The van der Waals surface area contributed by atoms with Crippen molar-refractivity contribution in [2.24, 2.45) is 5.41 Å². The van der Waals surface area contributed by atoms with Crippen molar-refractivity contribution >= 4 is 21.7 Å².